The van der Waals surface area contributed by atoms with Crippen LogP contribution in [0.1, 0.15) is 32.1 Å². The van der Waals surface area contributed by atoms with Crippen LogP contribution in [0.2, 0.25) is 0 Å². The number of nitrogens with zero attached hydrogens (tertiary/aromatic N) is 2. The number of nitrogens with one attached hydrogen (secondary N) is 1. The Morgan fingerprint density at radius 1 is 1.25 bits per heavy atom. The van der Waals surface area contributed by atoms with Crippen LogP contribution < -0.4 is 5.32 Å². The van der Waals surface area contributed by atoms with Crippen LogP contribution in [0, 0.1) is 5.92 Å². The van der Waals surface area contributed by atoms with Gasteiger partial charge in [0.25, 0.3) is 0 Å². The quantitative estimate of drug-likeness (QED) is 0.809. The van der Waals surface area contributed by atoms with Gasteiger partial charge in [0.15, 0.2) is 0 Å². The van der Waals surface area contributed by atoms with Gasteiger partial charge in [-0.3, -0.25) is 4.79 Å². The molecule has 1 aliphatic heterocycles. The van der Waals surface area contributed by atoms with Crippen LogP contribution in [0.4, 0.5) is 4.79 Å². The molecule has 20 heavy (non-hydrogen) atoms. The van der Waals surface area contributed by atoms with Crippen molar-refractivity contribution in [2.24, 2.45) is 5.92 Å². The molecule has 0 aromatic heterocycles. The van der Waals surface area contributed by atoms with Crippen LogP contribution in [0.5, 0.6) is 0 Å². The van der Waals surface area contributed by atoms with E-state index in [1.165, 1.54) is 0 Å². The molecule has 2 aliphatic rings. The smallest absolute Gasteiger partial charge is 0.317 e. The lowest BCUT2D eigenvalue weighted by atomic mass is 10.1. The summed E-state index contributed by atoms with van der Waals surface area (Å²) in [6.45, 7) is 1.55. The highest BCUT2D eigenvalue weighted by molar-refractivity contribution is 5.75. The van der Waals surface area contributed by atoms with E-state index in [0.717, 1.165) is 32.4 Å². The van der Waals surface area contributed by atoms with Gasteiger partial charge < -0.3 is 20.2 Å². The number of carboxylic acids is 1. The van der Waals surface area contributed by atoms with Crippen molar-refractivity contribution in [2.75, 3.05) is 27.2 Å². The maximum absolute atomic E-state index is 12.2. The molecule has 1 saturated heterocycles. The van der Waals surface area contributed by atoms with Gasteiger partial charge in [0, 0.05) is 25.2 Å². The minimum Gasteiger partial charge on any atom is -0.481 e. The maximum atomic E-state index is 12.2. The van der Waals surface area contributed by atoms with E-state index in [2.05, 4.69) is 10.2 Å². The molecule has 6 nitrogen and oxygen atoms in total. The largest absolute Gasteiger partial charge is 0.481 e. The van der Waals surface area contributed by atoms with Crippen LogP contribution in [-0.2, 0) is 4.79 Å². The Bertz CT molecular complexity index is 373. The Labute approximate surface area is 120 Å². The van der Waals surface area contributed by atoms with Gasteiger partial charge in [-0.2, -0.15) is 0 Å². The van der Waals surface area contributed by atoms with Gasteiger partial charge in [-0.1, -0.05) is 0 Å². The van der Waals surface area contributed by atoms with Crippen molar-refractivity contribution in [3.63, 3.8) is 0 Å². The summed E-state index contributed by atoms with van der Waals surface area (Å²) in [5, 5.41) is 12.0. The second-order valence-electron chi connectivity index (χ2n) is 6.20. The predicted molar refractivity (Wildman–Crippen MR) is 75.6 cm³/mol. The van der Waals surface area contributed by atoms with Gasteiger partial charge in [-0.15, -0.1) is 0 Å². The van der Waals surface area contributed by atoms with E-state index in [9.17, 15) is 9.59 Å². The first-order chi connectivity index (χ1) is 9.47. The first-order valence-corrected chi connectivity index (χ1v) is 7.42. The number of likely N-dealkylation sites (tertiary alicyclic amines) is 1. The molecular formula is C14H25N3O3. The normalized spacial score (nSPS) is 30.6. The molecule has 1 saturated carbocycles. The highest BCUT2D eigenvalue weighted by Crippen LogP contribution is 2.26. The summed E-state index contributed by atoms with van der Waals surface area (Å²) in [5.74, 6) is -1.04. The number of carbonyl (C=O) groups is 2. The van der Waals surface area contributed by atoms with E-state index in [4.69, 9.17) is 5.11 Å². The zero-order valence-electron chi connectivity index (χ0n) is 12.3. The summed E-state index contributed by atoms with van der Waals surface area (Å²) in [6, 6.07) is 0.403. The summed E-state index contributed by atoms with van der Waals surface area (Å²) in [7, 11) is 4.08. The predicted octanol–water partition coefficient (Wildman–Crippen LogP) is 0.975. The molecule has 1 heterocycles. The second kappa shape index (κ2) is 6.43. The van der Waals surface area contributed by atoms with E-state index < -0.39 is 5.97 Å². The van der Waals surface area contributed by atoms with Gasteiger partial charge in [-0.25, -0.2) is 4.79 Å². The SMILES string of the molecule is CN(C)C1CCCN(C(=O)NC2CCC(C(=O)O)C2)C1. The summed E-state index contributed by atoms with van der Waals surface area (Å²) in [6.07, 6.45) is 4.15. The van der Waals surface area contributed by atoms with Crippen LogP contribution in [0.25, 0.3) is 0 Å². The number of piperidine rings is 1. The van der Waals surface area contributed by atoms with Gasteiger partial charge in [0.05, 0.1) is 5.92 Å². The van der Waals surface area contributed by atoms with Gasteiger partial charge in [0.2, 0.25) is 0 Å². The van der Waals surface area contributed by atoms with Crippen LogP contribution in [0.15, 0.2) is 0 Å². The summed E-state index contributed by atoms with van der Waals surface area (Å²) in [5.41, 5.74) is 0. The van der Waals surface area contributed by atoms with Crippen LogP contribution in [-0.4, -0.2) is 66.2 Å². The first-order valence-electron chi connectivity index (χ1n) is 7.42. The zero-order chi connectivity index (χ0) is 14.7. The van der Waals surface area contributed by atoms with Gasteiger partial charge in [-0.05, 0) is 46.2 Å². The second-order valence-corrected chi connectivity index (χ2v) is 6.20. The van der Waals surface area contributed by atoms with E-state index in [0.29, 0.717) is 18.9 Å². The third-order valence-corrected chi connectivity index (χ3v) is 4.52. The summed E-state index contributed by atoms with van der Waals surface area (Å²) in [4.78, 5) is 27.2. The molecule has 2 rings (SSSR count). The van der Waals surface area contributed by atoms with E-state index in [1.54, 1.807) is 0 Å². The number of hydrogen-bond donors (Lipinski definition) is 2. The molecule has 0 bridgehead atoms. The van der Waals surface area contributed by atoms with Crippen LogP contribution in [0.3, 0.4) is 0 Å². The molecule has 1 aliphatic carbocycles. The Kier molecular flexibility index (Phi) is 4.86. The third kappa shape index (κ3) is 3.62. The number of amides is 2. The lowest BCUT2D eigenvalue weighted by Crippen LogP contribution is -2.52. The standard InChI is InChI=1S/C14H25N3O3/c1-16(2)12-4-3-7-17(9-12)14(20)15-11-6-5-10(8-11)13(18)19/h10-12H,3-9H2,1-2H3,(H,15,20)(H,18,19). The fraction of sp³-hybridized carbons (Fsp3) is 0.857. The molecule has 2 N–H and O–H groups in total. The monoisotopic (exact) mass is 283 g/mol. The Morgan fingerprint density at radius 3 is 2.60 bits per heavy atom. The lowest BCUT2D eigenvalue weighted by Gasteiger charge is -2.36. The topological polar surface area (TPSA) is 72.9 Å². The van der Waals surface area contributed by atoms with Gasteiger partial charge >= 0.3 is 12.0 Å². The van der Waals surface area contributed by atoms with Gasteiger partial charge in [0.1, 0.15) is 0 Å². The first kappa shape index (κ1) is 15.1. The Hall–Kier alpha value is -1.30. The summed E-state index contributed by atoms with van der Waals surface area (Å²) >= 11 is 0. The molecule has 2 fully saturated rings. The fourth-order valence-electron chi connectivity index (χ4n) is 3.16. The van der Waals surface area contributed by atoms with Crippen molar-refractivity contribution >= 4 is 12.0 Å². The number of likely N-dealkylation sites (N-methyl/N-ethyl adjacent to an activating group) is 1. The van der Waals surface area contributed by atoms with Crippen molar-refractivity contribution in [3.05, 3.63) is 0 Å². The molecule has 114 valence electrons. The fourth-order valence-corrected chi connectivity index (χ4v) is 3.16. The molecule has 6 heteroatoms. The van der Waals surface area contributed by atoms with Crippen LogP contribution >= 0.6 is 0 Å². The lowest BCUT2D eigenvalue weighted by molar-refractivity contribution is -0.141. The number of rotatable bonds is 3. The molecule has 2 amide bonds. The Balaban J connectivity index is 1.81. The minimum atomic E-state index is -0.743. The minimum absolute atomic E-state index is 0.0170. The number of aliphatic carboxylic acids is 1. The zero-order valence-corrected chi connectivity index (χ0v) is 12.3. The number of carbonyl (C=O) groups excluding carboxylic acids is 1. The van der Waals surface area contributed by atoms with E-state index >= 15 is 0 Å². The van der Waals surface area contributed by atoms with Crippen molar-refractivity contribution in [3.8, 4) is 0 Å². The number of hydrogen-bond acceptors (Lipinski definition) is 3. The highest BCUT2D eigenvalue weighted by atomic mass is 16.4. The van der Waals surface area contributed by atoms with E-state index in [1.807, 2.05) is 19.0 Å². The van der Waals surface area contributed by atoms with Crippen molar-refractivity contribution in [1.82, 2.24) is 15.1 Å². The average Bonchev–Trinajstić information content (AvgIpc) is 2.87. The highest BCUT2D eigenvalue weighted by Gasteiger charge is 2.32. The van der Waals surface area contributed by atoms with E-state index in [-0.39, 0.29) is 18.0 Å². The Morgan fingerprint density at radius 2 is 2.00 bits per heavy atom. The number of urea groups is 1. The molecule has 0 spiro atoms. The molecule has 3 unspecified atom stereocenters. The number of carboxylic acid groups (broad SMARTS) is 1. The third-order valence-electron chi connectivity index (χ3n) is 4.52. The molecule has 0 aromatic rings. The summed E-state index contributed by atoms with van der Waals surface area (Å²) < 4.78 is 0. The van der Waals surface area contributed by atoms with Crippen molar-refractivity contribution in [2.45, 2.75) is 44.2 Å². The molecule has 3 atom stereocenters. The molecule has 0 radical (unpaired) electrons. The average molecular weight is 283 g/mol. The van der Waals surface area contributed by atoms with Crippen molar-refractivity contribution < 1.29 is 14.7 Å². The van der Waals surface area contributed by atoms with Crippen molar-refractivity contribution in [1.29, 1.82) is 0 Å². The molecule has 0 aromatic carbocycles. The molecular weight excluding hydrogens is 258 g/mol. The maximum Gasteiger partial charge on any atom is 0.317 e.